The van der Waals surface area contributed by atoms with Crippen molar-refractivity contribution in [2.45, 2.75) is 19.8 Å². The first kappa shape index (κ1) is 9.92. The third-order valence-electron chi connectivity index (χ3n) is 1.61. The summed E-state index contributed by atoms with van der Waals surface area (Å²) in [7, 11) is 0. The predicted molar refractivity (Wildman–Crippen MR) is 50.0 cm³/mol. The van der Waals surface area contributed by atoms with Gasteiger partial charge in [0.2, 0.25) is 0 Å². The second-order valence-corrected chi connectivity index (χ2v) is 3.34. The molecule has 0 aliphatic heterocycles. The number of rotatable bonds is 2. The highest BCUT2D eigenvalue weighted by Crippen LogP contribution is 2.25. The van der Waals surface area contributed by atoms with Gasteiger partial charge < -0.3 is 0 Å². The summed E-state index contributed by atoms with van der Waals surface area (Å²) < 4.78 is 0. The Labute approximate surface area is 80.7 Å². The zero-order valence-electron chi connectivity index (χ0n) is 7.32. The molecule has 0 spiro atoms. The Morgan fingerprint density at radius 1 is 1.54 bits per heavy atom. The van der Waals surface area contributed by atoms with Gasteiger partial charge in [-0.25, -0.2) is 4.98 Å². The lowest BCUT2D eigenvalue weighted by molar-refractivity contribution is -0.386. The van der Waals surface area contributed by atoms with Crippen LogP contribution in [0.25, 0.3) is 0 Å². The molecule has 0 atom stereocenters. The van der Waals surface area contributed by atoms with Crippen molar-refractivity contribution in [3.8, 4) is 0 Å². The summed E-state index contributed by atoms with van der Waals surface area (Å²) in [5.41, 5.74) is 0.455. The minimum atomic E-state index is -0.446. The molecule has 1 aromatic heterocycles. The molecule has 0 bridgehead atoms. The summed E-state index contributed by atoms with van der Waals surface area (Å²) in [6.45, 7) is 3.68. The van der Waals surface area contributed by atoms with E-state index in [4.69, 9.17) is 11.6 Å². The van der Waals surface area contributed by atoms with E-state index in [0.29, 0.717) is 5.69 Å². The summed E-state index contributed by atoms with van der Waals surface area (Å²) >= 11 is 5.63. The highest BCUT2D eigenvalue weighted by molar-refractivity contribution is 6.29. The van der Waals surface area contributed by atoms with Gasteiger partial charge in [-0.15, -0.1) is 0 Å². The van der Waals surface area contributed by atoms with E-state index >= 15 is 0 Å². The van der Waals surface area contributed by atoms with Gasteiger partial charge in [0.05, 0.1) is 4.92 Å². The summed E-state index contributed by atoms with van der Waals surface area (Å²) in [4.78, 5) is 14.0. The summed E-state index contributed by atoms with van der Waals surface area (Å²) in [6.07, 6.45) is 0. The van der Waals surface area contributed by atoms with Crippen LogP contribution in [-0.4, -0.2) is 9.91 Å². The molecule has 0 amide bonds. The van der Waals surface area contributed by atoms with Gasteiger partial charge in [0, 0.05) is 12.0 Å². The molecule has 13 heavy (non-hydrogen) atoms. The lowest BCUT2D eigenvalue weighted by Crippen LogP contribution is -2.00. The minimum absolute atomic E-state index is 0.000833. The molecular weight excluding hydrogens is 192 g/mol. The van der Waals surface area contributed by atoms with Crippen LogP contribution >= 0.6 is 11.6 Å². The number of halogens is 1. The normalized spacial score (nSPS) is 10.5. The van der Waals surface area contributed by atoms with Gasteiger partial charge in [0.15, 0.2) is 0 Å². The fourth-order valence-corrected chi connectivity index (χ4v) is 1.18. The van der Waals surface area contributed by atoms with Crippen molar-refractivity contribution in [2.75, 3.05) is 0 Å². The maximum Gasteiger partial charge on any atom is 0.291 e. The average molecular weight is 201 g/mol. The lowest BCUT2D eigenvalue weighted by Gasteiger charge is -2.04. The second-order valence-electron chi connectivity index (χ2n) is 2.95. The van der Waals surface area contributed by atoms with Crippen LogP contribution in [-0.2, 0) is 0 Å². The Hall–Kier alpha value is -1.16. The van der Waals surface area contributed by atoms with Gasteiger partial charge in [-0.2, -0.15) is 0 Å². The van der Waals surface area contributed by atoms with Crippen molar-refractivity contribution in [3.05, 3.63) is 33.1 Å². The molecule has 1 aromatic rings. The summed E-state index contributed by atoms with van der Waals surface area (Å²) in [5, 5.41) is 10.8. The summed E-state index contributed by atoms with van der Waals surface area (Å²) in [5.74, 6) is -0.000833. The van der Waals surface area contributed by atoms with Crippen LogP contribution in [0.2, 0.25) is 5.15 Å². The molecule has 0 aliphatic rings. The fourth-order valence-electron chi connectivity index (χ4n) is 1.02. The van der Waals surface area contributed by atoms with E-state index in [1.165, 1.54) is 12.1 Å². The Bertz CT molecular complexity index is 339. The van der Waals surface area contributed by atoms with Crippen LogP contribution < -0.4 is 0 Å². The predicted octanol–water partition coefficient (Wildman–Crippen LogP) is 2.77. The Kier molecular flexibility index (Phi) is 2.83. The highest BCUT2D eigenvalue weighted by Gasteiger charge is 2.17. The number of nitro groups is 1. The van der Waals surface area contributed by atoms with Crippen molar-refractivity contribution < 1.29 is 4.92 Å². The number of aromatic nitrogens is 1. The largest absolute Gasteiger partial charge is 0.291 e. The molecule has 0 N–H and O–H groups in total. The van der Waals surface area contributed by atoms with Gasteiger partial charge in [-0.3, -0.25) is 10.1 Å². The van der Waals surface area contributed by atoms with Crippen molar-refractivity contribution in [3.63, 3.8) is 0 Å². The van der Waals surface area contributed by atoms with Gasteiger partial charge in [-0.1, -0.05) is 25.4 Å². The van der Waals surface area contributed by atoms with Crippen LogP contribution in [0.4, 0.5) is 5.69 Å². The molecule has 0 fully saturated rings. The van der Waals surface area contributed by atoms with Crippen LogP contribution in [0, 0.1) is 10.1 Å². The highest BCUT2D eigenvalue weighted by atomic mass is 35.5. The van der Waals surface area contributed by atoms with Gasteiger partial charge in [0.25, 0.3) is 5.69 Å². The molecule has 70 valence electrons. The molecule has 0 aromatic carbocycles. The van der Waals surface area contributed by atoms with E-state index in [-0.39, 0.29) is 16.8 Å². The van der Waals surface area contributed by atoms with Crippen molar-refractivity contribution in [1.82, 2.24) is 4.98 Å². The average Bonchev–Trinajstić information content (AvgIpc) is 2.03. The van der Waals surface area contributed by atoms with Gasteiger partial charge >= 0.3 is 0 Å². The van der Waals surface area contributed by atoms with E-state index in [1.54, 1.807) is 0 Å². The Morgan fingerprint density at radius 2 is 2.15 bits per heavy atom. The van der Waals surface area contributed by atoms with E-state index in [9.17, 15) is 10.1 Å². The maximum atomic E-state index is 10.6. The fraction of sp³-hybridized carbons (Fsp3) is 0.375. The molecule has 0 saturated heterocycles. The first-order valence-electron chi connectivity index (χ1n) is 3.83. The van der Waals surface area contributed by atoms with Crippen LogP contribution in [0.3, 0.4) is 0 Å². The number of hydrogen-bond acceptors (Lipinski definition) is 3. The van der Waals surface area contributed by atoms with Crippen molar-refractivity contribution in [1.29, 1.82) is 0 Å². The lowest BCUT2D eigenvalue weighted by atomic mass is 10.1. The molecule has 4 nitrogen and oxygen atoms in total. The molecular formula is C8H9ClN2O2. The zero-order valence-corrected chi connectivity index (χ0v) is 8.08. The molecule has 0 aliphatic carbocycles. The number of nitrogens with zero attached hydrogens (tertiary/aromatic N) is 2. The SMILES string of the molecule is CC(C)c1nc(Cl)ccc1[N+](=O)[O-]. The van der Waals surface area contributed by atoms with Crippen LogP contribution in [0.5, 0.6) is 0 Å². The third-order valence-corrected chi connectivity index (χ3v) is 1.82. The monoisotopic (exact) mass is 200 g/mol. The third kappa shape index (κ3) is 2.15. The number of pyridine rings is 1. The maximum absolute atomic E-state index is 10.6. The molecule has 0 saturated carbocycles. The Morgan fingerprint density at radius 3 is 2.62 bits per heavy atom. The first-order chi connectivity index (χ1) is 6.02. The van der Waals surface area contributed by atoms with Gasteiger partial charge in [-0.05, 0) is 6.07 Å². The topological polar surface area (TPSA) is 56.0 Å². The van der Waals surface area contributed by atoms with Crippen LogP contribution in [0.15, 0.2) is 12.1 Å². The summed E-state index contributed by atoms with van der Waals surface area (Å²) in [6, 6.07) is 2.80. The van der Waals surface area contributed by atoms with E-state index < -0.39 is 4.92 Å². The second kappa shape index (κ2) is 3.70. The molecule has 5 heteroatoms. The van der Waals surface area contributed by atoms with Crippen LogP contribution in [0.1, 0.15) is 25.5 Å². The quantitative estimate of drug-likeness (QED) is 0.419. The molecule has 1 heterocycles. The molecule has 0 radical (unpaired) electrons. The zero-order chi connectivity index (χ0) is 10.0. The first-order valence-corrected chi connectivity index (χ1v) is 4.21. The van der Waals surface area contributed by atoms with Crippen molar-refractivity contribution >= 4 is 17.3 Å². The smallest absolute Gasteiger partial charge is 0.258 e. The minimum Gasteiger partial charge on any atom is -0.258 e. The molecule has 1 rings (SSSR count). The standard InChI is InChI=1S/C8H9ClN2O2/c1-5(2)8-6(11(12)13)3-4-7(9)10-8/h3-5H,1-2H3. The number of hydrogen-bond donors (Lipinski definition) is 0. The Balaban J connectivity index is 3.26. The van der Waals surface area contributed by atoms with Crippen molar-refractivity contribution in [2.24, 2.45) is 0 Å². The van der Waals surface area contributed by atoms with Gasteiger partial charge in [0.1, 0.15) is 10.8 Å². The van der Waals surface area contributed by atoms with E-state index in [2.05, 4.69) is 4.98 Å². The van der Waals surface area contributed by atoms with E-state index in [1.807, 2.05) is 13.8 Å². The molecule has 0 unspecified atom stereocenters. The van der Waals surface area contributed by atoms with E-state index in [0.717, 1.165) is 0 Å².